The lowest BCUT2D eigenvalue weighted by Crippen LogP contribution is -2.34. The minimum atomic E-state index is -3.51. The number of aryl methyl sites for hydroxylation is 1. The Hall–Kier alpha value is -0.430. The number of aliphatic hydroxyl groups excluding tert-OH is 1. The van der Waals surface area contributed by atoms with Gasteiger partial charge in [0.25, 0.3) is 0 Å². The van der Waals surface area contributed by atoms with Crippen LogP contribution < -0.4 is 4.72 Å². The third kappa shape index (κ3) is 3.28. The molecule has 1 aromatic rings. The fourth-order valence-electron chi connectivity index (χ4n) is 1.69. The molecule has 0 unspecified atom stereocenters. The summed E-state index contributed by atoms with van der Waals surface area (Å²) in [7, 11) is -3.51. The SMILES string of the molecule is CCC(CC)NS(=O)(=O)c1c(C)csc1CO. The number of hydrogen-bond acceptors (Lipinski definition) is 4. The molecule has 0 saturated carbocycles. The van der Waals surface area contributed by atoms with Crippen molar-refractivity contribution < 1.29 is 13.5 Å². The molecule has 0 atom stereocenters. The van der Waals surface area contributed by atoms with Crippen LogP contribution in [-0.2, 0) is 16.6 Å². The predicted octanol–water partition coefficient (Wildman–Crippen LogP) is 2.02. The standard InChI is InChI=1S/C11H19NO3S2/c1-4-9(5-2)12-17(14,15)11-8(3)7-16-10(11)6-13/h7,9,12-13H,4-6H2,1-3H3. The van der Waals surface area contributed by atoms with E-state index < -0.39 is 10.0 Å². The Morgan fingerprint density at radius 1 is 1.41 bits per heavy atom. The first kappa shape index (κ1) is 14.6. The summed E-state index contributed by atoms with van der Waals surface area (Å²) in [5.74, 6) is 0. The average Bonchev–Trinajstić information content (AvgIpc) is 2.68. The number of thiophene rings is 1. The number of rotatable bonds is 6. The molecule has 2 N–H and O–H groups in total. The van der Waals surface area contributed by atoms with Gasteiger partial charge >= 0.3 is 0 Å². The summed E-state index contributed by atoms with van der Waals surface area (Å²) in [5.41, 5.74) is 0.692. The Labute approximate surface area is 107 Å². The molecule has 17 heavy (non-hydrogen) atoms. The molecular formula is C11H19NO3S2. The number of sulfonamides is 1. The van der Waals surface area contributed by atoms with Crippen LogP contribution in [0.2, 0.25) is 0 Å². The van der Waals surface area contributed by atoms with Gasteiger partial charge in [-0.2, -0.15) is 0 Å². The molecule has 0 aromatic carbocycles. The molecule has 0 radical (unpaired) electrons. The molecule has 0 spiro atoms. The minimum Gasteiger partial charge on any atom is -0.391 e. The van der Waals surface area contributed by atoms with Gasteiger partial charge in [-0.1, -0.05) is 13.8 Å². The van der Waals surface area contributed by atoms with E-state index >= 15 is 0 Å². The van der Waals surface area contributed by atoms with Crippen LogP contribution in [0.5, 0.6) is 0 Å². The molecule has 0 aliphatic carbocycles. The average molecular weight is 277 g/mol. The van der Waals surface area contributed by atoms with Gasteiger partial charge in [-0.05, 0) is 30.7 Å². The highest BCUT2D eigenvalue weighted by Gasteiger charge is 2.24. The molecule has 4 nitrogen and oxygen atoms in total. The summed E-state index contributed by atoms with van der Waals surface area (Å²) in [6, 6.07) is -0.0501. The lowest BCUT2D eigenvalue weighted by Gasteiger charge is -2.15. The van der Waals surface area contributed by atoms with Gasteiger partial charge < -0.3 is 5.11 Å². The van der Waals surface area contributed by atoms with E-state index in [4.69, 9.17) is 5.11 Å². The van der Waals surface area contributed by atoms with E-state index in [9.17, 15) is 8.42 Å². The van der Waals surface area contributed by atoms with Gasteiger partial charge in [0.2, 0.25) is 10.0 Å². The molecule has 0 aliphatic heterocycles. The Morgan fingerprint density at radius 3 is 2.47 bits per heavy atom. The fraction of sp³-hybridized carbons (Fsp3) is 0.636. The Kier molecular flexibility index (Phi) is 5.12. The molecule has 6 heteroatoms. The fourth-order valence-corrected chi connectivity index (χ4v) is 4.76. The highest BCUT2D eigenvalue weighted by Crippen LogP contribution is 2.27. The van der Waals surface area contributed by atoms with E-state index in [0.717, 1.165) is 12.8 Å². The first-order valence-corrected chi connectivity index (χ1v) is 8.02. The van der Waals surface area contributed by atoms with Gasteiger partial charge in [0, 0.05) is 6.04 Å². The van der Waals surface area contributed by atoms with Crippen LogP contribution in [0.3, 0.4) is 0 Å². The highest BCUT2D eigenvalue weighted by molar-refractivity contribution is 7.89. The Bertz CT molecular complexity index is 461. The topological polar surface area (TPSA) is 66.4 Å². The van der Waals surface area contributed by atoms with E-state index in [1.807, 2.05) is 13.8 Å². The van der Waals surface area contributed by atoms with Crippen molar-refractivity contribution in [3.63, 3.8) is 0 Å². The van der Waals surface area contributed by atoms with Gasteiger partial charge in [-0.3, -0.25) is 0 Å². The van der Waals surface area contributed by atoms with Crippen LogP contribution in [0.25, 0.3) is 0 Å². The van der Waals surface area contributed by atoms with Crippen molar-refractivity contribution in [3.8, 4) is 0 Å². The maximum Gasteiger partial charge on any atom is 0.242 e. The first-order chi connectivity index (χ1) is 7.96. The number of nitrogens with one attached hydrogen (secondary N) is 1. The van der Waals surface area contributed by atoms with E-state index in [1.165, 1.54) is 11.3 Å². The quantitative estimate of drug-likeness (QED) is 0.836. The lowest BCUT2D eigenvalue weighted by atomic mass is 10.2. The van der Waals surface area contributed by atoms with Crippen LogP contribution in [0.4, 0.5) is 0 Å². The zero-order chi connectivity index (χ0) is 13.1. The van der Waals surface area contributed by atoms with Crippen molar-refractivity contribution >= 4 is 21.4 Å². The van der Waals surface area contributed by atoms with Crippen molar-refractivity contribution in [1.29, 1.82) is 0 Å². The molecule has 0 aliphatic rings. The van der Waals surface area contributed by atoms with Crippen LogP contribution in [0.1, 0.15) is 37.1 Å². The van der Waals surface area contributed by atoms with Crippen LogP contribution in [0, 0.1) is 6.92 Å². The summed E-state index contributed by atoms with van der Waals surface area (Å²) in [5, 5.41) is 10.9. The zero-order valence-electron chi connectivity index (χ0n) is 10.4. The van der Waals surface area contributed by atoms with Crippen molar-refractivity contribution in [3.05, 3.63) is 15.8 Å². The Balaban J connectivity index is 3.08. The largest absolute Gasteiger partial charge is 0.391 e. The molecule has 1 aromatic heterocycles. The van der Waals surface area contributed by atoms with Crippen LogP contribution in [-0.4, -0.2) is 19.6 Å². The van der Waals surface area contributed by atoms with E-state index in [-0.39, 0.29) is 17.5 Å². The second-order valence-corrected chi connectivity index (χ2v) is 6.58. The van der Waals surface area contributed by atoms with Crippen molar-refractivity contribution in [2.24, 2.45) is 0 Å². The second kappa shape index (κ2) is 5.95. The summed E-state index contributed by atoms with van der Waals surface area (Å²) < 4.78 is 27.1. The summed E-state index contributed by atoms with van der Waals surface area (Å²) >= 11 is 1.28. The van der Waals surface area contributed by atoms with Crippen LogP contribution in [0.15, 0.2) is 10.3 Å². The summed E-state index contributed by atoms with van der Waals surface area (Å²) in [6.07, 6.45) is 1.51. The molecule has 0 fully saturated rings. The normalized spacial score (nSPS) is 12.3. The summed E-state index contributed by atoms with van der Waals surface area (Å²) in [4.78, 5) is 0.748. The molecule has 98 valence electrons. The van der Waals surface area contributed by atoms with Crippen molar-refractivity contribution in [2.75, 3.05) is 0 Å². The zero-order valence-corrected chi connectivity index (χ0v) is 12.0. The third-order valence-corrected chi connectivity index (χ3v) is 5.68. The Morgan fingerprint density at radius 2 is 2.00 bits per heavy atom. The van der Waals surface area contributed by atoms with Gasteiger partial charge in [-0.25, -0.2) is 13.1 Å². The highest BCUT2D eigenvalue weighted by atomic mass is 32.2. The second-order valence-electron chi connectivity index (χ2n) is 3.96. The van der Waals surface area contributed by atoms with E-state index in [1.54, 1.807) is 12.3 Å². The van der Waals surface area contributed by atoms with Crippen molar-refractivity contribution in [1.82, 2.24) is 4.72 Å². The number of aliphatic hydroxyl groups is 1. The summed E-state index contributed by atoms with van der Waals surface area (Å²) in [6.45, 7) is 5.41. The van der Waals surface area contributed by atoms with Gasteiger partial charge in [0.15, 0.2) is 0 Å². The van der Waals surface area contributed by atoms with Gasteiger partial charge in [0.1, 0.15) is 4.90 Å². The monoisotopic (exact) mass is 277 g/mol. The first-order valence-electron chi connectivity index (χ1n) is 5.66. The smallest absolute Gasteiger partial charge is 0.242 e. The molecule has 0 amide bonds. The van der Waals surface area contributed by atoms with Gasteiger partial charge in [-0.15, -0.1) is 11.3 Å². The van der Waals surface area contributed by atoms with Crippen molar-refractivity contribution in [2.45, 2.75) is 51.2 Å². The lowest BCUT2D eigenvalue weighted by molar-refractivity contribution is 0.282. The number of hydrogen-bond donors (Lipinski definition) is 2. The molecule has 1 heterocycles. The van der Waals surface area contributed by atoms with Gasteiger partial charge in [0.05, 0.1) is 11.5 Å². The molecule has 0 saturated heterocycles. The maximum atomic E-state index is 12.2. The third-order valence-electron chi connectivity index (χ3n) is 2.71. The maximum absolute atomic E-state index is 12.2. The molecule has 1 rings (SSSR count). The van der Waals surface area contributed by atoms with E-state index in [2.05, 4.69) is 4.72 Å². The molecule has 0 bridgehead atoms. The minimum absolute atomic E-state index is 0.0501. The van der Waals surface area contributed by atoms with E-state index in [0.29, 0.717) is 10.4 Å². The predicted molar refractivity (Wildman–Crippen MR) is 69.7 cm³/mol. The molecular weight excluding hydrogens is 258 g/mol. The van der Waals surface area contributed by atoms with Crippen LogP contribution >= 0.6 is 11.3 Å².